The van der Waals surface area contributed by atoms with Crippen LogP contribution in [0.15, 0.2) is 0 Å². The van der Waals surface area contributed by atoms with Gasteiger partial charge in [-0.15, -0.1) is 0 Å². The van der Waals surface area contributed by atoms with E-state index in [-0.39, 0.29) is 17.0 Å². The van der Waals surface area contributed by atoms with Gasteiger partial charge < -0.3 is 14.7 Å². The van der Waals surface area contributed by atoms with Crippen LogP contribution in [0.5, 0.6) is 5.75 Å². The molecule has 0 amide bonds. The maximum Gasteiger partial charge on any atom is 0.226 e. The molecule has 1 aliphatic rings. The molecule has 0 fully saturated rings. The summed E-state index contributed by atoms with van der Waals surface area (Å²) in [6.45, 7) is 2.07. The van der Waals surface area contributed by atoms with Gasteiger partial charge in [-0.2, -0.15) is 4.98 Å². The SMILES string of the molecule is OCCCN1CCOc2c(Cl)nc(Cl)nc21. The van der Waals surface area contributed by atoms with Gasteiger partial charge in [0.1, 0.15) is 6.61 Å². The van der Waals surface area contributed by atoms with Gasteiger partial charge in [-0.05, 0) is 18.0 Å². The van der Waals surface area contributed by atoms with E-state index in [1.54, 1.807) is 0 Å². The molecule has 0 unspecified atom stereocenters. The van der Waals surface area contributed by atoms with E-state index in [1.807, 2.05) is 4.90 Å². The Kier molecular flexibility index (Phi) is 3.68. The van der Waals surface area contributed by atoms with Crippen molar-refractivity contribution in [1.82, 2.24) is 9.97 Å². The van der Waals surface area contributed by atoms with E-state index < -0.39 is 0 Å². The van der Waals surface area contributed by atoms with Gasteiger partial charge >= 0.3 is 0 Å². The van der Waals surface area contributed by atoms with Gasteiger partial charge in [0.25, 0.3) is 0 Å². The Morgan fingerprint density at radius 2 is 2.19 bits per heavy atom. The van der Waals surface area contributed by atoms with Crippen molar-refractivity contribution in [2.75, 3.05) is 31.2 Å². The van der Waals surface area contributed by atoms with Gasteiger partial charge in [0, 0.05) is 13.2 Å². The number of rotatable bonds is 3. The molecule has 0 saturated heterocycles. The van der Waals surface area contributed by atoms with Crippen molar-refractivity contribution in [3.8, 4) is 5.75 Å². The molecular formula is C9H11Cl2N3O2. The Balaban J connectivity index is 2.30. The summed E-state index contributed by atoms with van der Waals surface area (Å²) in [7, 11) is 0. The first-order chi connectivity index (χ1) is 7.72. The highest BCUT2D eigenvalue weighted by Crippen LogP contribution is 2.35. The van der Waals surface area contributed by atoms with E-state index in [9.17, 15) is 0 Å². The fourth-order valence-corrected chi connectivity index (χ4v) is 2.00. The second-order valence-electron chi connectivity index (χ2n) is 3.35. The second-order valence-corrected chi connectivity index (χ2v) is 4.04. The largest absolute Gasteiger partial charge is 0.485 e. The quantitative estimate of drug-likeness (QED) is 0.660. The Hall–Kier alpha value is -0.780. The first-order valence-corrected chi connectivity index (χ1v) is 5.69. The van der Waals surface area contributed by atoms with Crippen molar-refractivity contribution >= 4 is 29.0 Å². The Morgan fingerprint density at radius 1 is 1.38 bits per heavy atom. The van der Waals surface area contributed by atoms with Crippen LogP contribution in [0, 0.1) is 0 Å². The number of ether oxygens (including phenoxy) is 1. The molecule has 0 aromatic carbocycles. The molecule has 1 aliphatic heterocycles. The van der Waals surface area contributed by atoms with E-state index in [0.29, 0.717) is 37.7 Å². The smallest absolute Gasteiger partial charge is 0.226 e. The van der Waals surface area contributed by atoms with Gasteiger partial charge in [0.05, 0.1) is 6.54 Å². The summed E-state index contributed by atoms with van der Waals surface area (Å²) >= 11 is 11.7. The molecule has 88 valence electrons. The number of hydrogen-bond acceptors (Lipinski definition) is 5. The molecule has 7 heteroatoms. The van der Waals surface area contributed by atoms with Crippen LogP contribution in [0.4, 0.5) is 5.82 Å². The fourth-order valence-electron chi connectivity index (χ4n) is 1.57. The van der Waals surface area contributed by atoms with Gasteiger partial charge in [-0.3, -0.25) is 0 Å². The molecule has 0 aliphatic carbocycles. The van der Waals surface area contributed by atoms with Crippen LogP contribution in [0.2, 0.25) is 10.4 Å². The zero-order valence-corrected chi connectivity index (χ0v) is 10.0. The molecule has 1 N–H and O–H groups in total. The van der Waals surface area contributed by atoms with Crippen molar-refractivity contribution in [2.24, 2.45) is 0 Å². The van der Waals surface area contributed by atoms with Gasteiger partial charge in [-0.1, -0.05) is 11.6 Å². The molecule has 1 aromatic rings. The lowest BCUT2D eigenvalue weighted by atomic mass is 10.3. The number of fused-ring (bicyclic) bond motifs is 1. The molecule has 16 heavy (non-hydrogen) atoms. The van der Waals surface area contributed by atoms with Crippen LogP contribution in [-0.4, -0.2) is 41.4 Å². The second kappa shape index (κ2) is 5.03. The number of aromatic nitrogens is 2. The topological polar surface area (TPSA) is 58.5 Å². The van der Waals surface area contributed by atoms with Crippen LogP contribution in [0.25, 0.3) is 0 Å². The Labute approximate surface area is 103 Å². The number of aliphatic hydroxyl groups excluding tert-OH is 1. The molecule has 0 spiro atoms. The third-order valence-electron chi connectivity index (χ3n) is 2.27. The fraction of sp³-hybridized carbons (Fsp3) is 0.556. The zero-order valence-electron chi connectivity index (χ0n) is 8.49. The number of hydrogen-bond donors (Lipinski definition) is 1. The maximum absolute atomic E-state index is 8.81. The highest BCUT2D eigenvalue weighted by atomic mass is 35.5. The number of nitrogens with zero attached hydrogens (tertiary/aromatic N) is 3. The van der Waals surface area contributed by atoms with Crippen molar-refractivity contribution in [1.29, 1.82) is 0 Å². The van der Waals surface area contributed by atoms with Crippen LogP contribution >= 0.6 is 23.2 Å². The zero-order chi connectivity index (χ0) is 11.5. The summed E-state index contributed by atoms with van der Waals surface area (Å²) in [6, 6.07) is 0. The highest BCUT2D eigenvalue weighted by Gasteiger charge is 2.23. The minimum Gasteiger partial charge on any atom is -0.485 e. The number of anilines is 1. The molecule has 1 aromatic heterocycles. The van der Waals surface area contributed by atoms with Crippen molar-refractivity contribution in [2.45, 2.75) is 6.42 Å². The standard InChI is InChI=1S/C9H11Cl2N3O2/c10-7-6-8(13-9(11)12-7)14(2-1-4-15)3-5-16-6/h15H,1-5H2. The molecule has 2 heterocycles. The van der Waals surface area contributed by atoms with E-state index in [2.05, 4.69) is 9.97 Å². The van der Waals surface area contributed by atoms with Crippen LogP contribution in [0.1, 0.15) is 6.42 Å². The average Bonchev–Trinajstić information content (AvgIpc) is 2.26. The van der Waals surface area contributed by atoms with Gasteiger partial charge in [0.15, 0.2) is 16.7 Å². The number of halogens is 2. The van der Waals surface area contributed by atoms with E-state index in [4.69, 9.17) is 33.0 Å². The molecule has 0 bridgehead atoms. The van der Waals surface area contributed by atoms with Crippen molar-refractivity contribution < 1.29 is 9.84 Å². The monoisotopic (exact) mass is 263 g/mol. The predicted octanol–water partition coefficient (Wildman–Crippen LogP) is 1.36. The summed E-state index contributed by atoms with van der Waals surface area (Å²) in [5.41, 5.74) is 0. The van der Waals surface area contributed by atoms with Crippen LogP contribution in [0.3, 0.4) is 0 Å². The predicted molar refractivity (Wildman–Crippen MR) is 61.5 cm³/mol. The lowest BCUT2D eigenvalue weighted by Gasteiger charge is -2.29. The molecule has 0 saturated carbocycles. The Morgan fingerprint density at radius 3 is 2.94 bits per heavy atom. The van der Waals surface area contributed by atoms with Crippen LogP contribution in [-0.2, 0) is 0 Å². The lowest BCUT2D eigenvalue weighted by molar-refractivity contribution is 0.278. The summed E-state index contributed by atoms with van der Waals surface area (Å²) < 4.78 is 5.40. The van der Waals surface area contributed by atoms with E-state index >= 15 is 0 Å². The van der Waals surface area contributed by atoms with Crippen LogP contribution < -0.4 is 9.64 Å². The molecule has 2 rings (SSSR count). The normalized spacial score (nSPS) is 14.6. The minimum atomic E-state index is 0.100. The first-order valence-electron chi connectivity index (χ1n) is 4.94. The molecule has 5 nitrogen and oxygen atoms in total. The Bertz CT molecular complexity index is 389. The van der Waals surface area contributed by atoms with Gasteiger partial charge in [0.2, 0.25) is 5.28 Å². The van der Waals surface area contributed by atoms with E-state index in [1.165, 1.54) is 0 Å². The highest BCUT2D eigenvalue weighted by molar-refractivity contribution is 6.33. The van der Waals surface area contributed by atoms with Crippen molar-refractivity contribution in [3.63, 3.8) is 0 Å². The third kappa shape index (κ3) is 2.31. The maximum atomic E-state index is 8.81. The summed E-state index contributed by atoms with van der Waals surface area (Å²) in [5.74, 6) is 1.07. The average molecular weight is 264 g/mol. The molecular weight excluding hydrogens is 253 g/mol. The van der Waals surface area contributed by atoms with Gasteiger partial charge in [-0.25, -0.2) is 4.98 Å². The summed E-state index contributed by atoms with van der Waals surface area (Å²) in [6.07, 6.45) is 0.665. The van der Waals surface area contributed by atoms with E-state index in [0.717, 1.165) is 0 Å². The first kappa shape index (κ1) is 11.7. The minimum absolute atomic E-state index is 0.100. The number of aliphatic hydroxyl groups is 1. The third-order valence-corrected chi connectivity index (χ3v) is 2.70. The molecule has 0 atom stereocenters. The summed E-state index contributed by atoms with van der Waals surface area (Å²) in [5, 5.41) is 9.14. The molecule has 0 radical (unpaired) electrons. The van der Waals surface area contributed by atoms with Crippen molar-refractivity contribution in [3.05, 3.63) is 10.4 Å². The summed E-state index contributed by atoms with van der Waals surface area (Å²) in [4.78, 5) is 9.90. The lowest BCUT2D eigenvalue weighted by Crippen LogP contribution is -2.35.